The standard InChI is InChI=1S/C13H21NO3/c1-4-5-11(13(16)17)14-7-6-10(12(14)15)8-9(2)3/h4,9-11H,1,5-8H2,2-3H3,(H,16,17). The van der Waals surface area contributed by atoms with E-state index in [4.69, 9.17) is 5.11 Å². The molecular weight excluding hydrogens is 218 g/mol. The number of carbonyl (C=O) groups is 2. The zero-order chi connectivity index (χ0) is 13.0. The van der Waals surface area contributed by atoms with Crippen molar-refractivity contribution in [2.45, 2.75) is 39.2 Å². The smallest absolute Gasteiger partial charge is 0.326 e. The fourth-order valence-electron chi connectivity index (χ4n) is 2.38. The van der Waals surface area contributed by atoms with Crippen LogP contribution >= 0.6 is 0 Å². The maximum absolute atomic E-state index is 12.1. The van der Waals surface area contributed by atoms with E-state index in [-0.39, 0.29) is 11.8 Å². The maximum Gasteiger partial charge on any atom is 0.326 e. The number of rotatable bonds is 6. The number of amides is 1. The molecule has 1 amide bonds. The number of aliphatic carboxylic acids is 1. The highest BCUT2D eigenvalue weighted by Crippen LogP contribution is 2.27. The van der Waals surface area contributed by atoms with Crippen LogP contribution in [0.3, 0.4) is 0 Å². The molecular formula is C13H21NO3. The van der Waals surface area contributed by atoms with Gasteiger partial charge in [-0.25, -0.2) is 4.79 Å². The van der Waals surface area contributed by atoms with Gasteiger partial charge in [0, 0.05) is 12.5 Å². The van der Waals surface area contributed by atoms with Crippen molar-refractivity contribution in [3.8, 4) is 0 Å². The van der Waals surface area contributed by atoms with Crippen LogP contribution in [0.1, 0.15) is 33.1 Å². The molecule has 0 radical (unpaired) electrons. The quantitative estimate of drug-likeness (QED) is 0.720. The summed E-state index contributed by atoms with van der Waals surface area (Å²) in [6, 6.07) is -0.739. The number of carboxylic acid groups (broad SMARTS) is 1. The van der Waals surface area contributed by atoms with Crippen LogP contribution in [0.4, 0.5) is 0 Å². The highest BCUT2D eigenvalue weighted by molar-refractivity contribution is 5.86. The molecule has 17 heavy (non-hydrogen) atoms. The summed E-state index contributed by atoms with van der Waals surface area (Å²) in [4.78, 5) is 24.7. The minimum Gasteiger partial charge on any atom is -0.480 e. The van der Waals surface area contributed by atoms with Crippen molar-refractivity contribution in [3.63, 3.8) is 0 Å². The minimum atomic E-state index is -0.941. The van der Waals surface area contributed by atoms with E-state index in [1.807, 2.05) is 0 Å². The molecule has 4 heteroatoms. The molecule has 4 nitrogen and oxygen atoms in total. The lowest BCUT2D eigenvalue weighted by molar-refractivity contribution is -0.149. The van der Waals surface area contributed by atoms with Crippen LogP contribution in [-0.4, -0.2) is 34.5 Å². The summed E-state index contributed by atoms with van der Waals surface area (Å²) in [5.41, 5.74) is 0. The third-order valence-electron chi connectivity index (χ3n) is 3.16. The zero-order valence-corrected chi connectivity index (χ0v) is 10.6. The van der Waals surface area contributed by atoms with Gasteiger partial charge in [-0.05, 0) is 25.2 Å². The van der Waals surface area contributed by atoms with E-state index in [9.17, 15) is 9.59 Å². The minimum absolute atomic E-state index is 0.00154. The predicted molar refractivity (Wildman–Crippen MR) is 65.5 cm³/mol. The molecule has 96 valence electrons. The maximum atomic E-state index is 12.1. The van der Waals surface area contributed by atoms with Gasteiger partial charge in [0.1, 0.15) is 6.04 Å². The zero-order valence-electron chi connectivity index (χ0n) is 10.6. The van der Waals surface area contributed by atoms with Crippen LogP contribution in [0, 0.1) is 11.8 Å². The Morgan fingerprint density at radius 3 is 2.76 bits per heavy atom. The summed E-state index contributed by atoms with van der Waals surface area (Å²) < 4.78 is 0. The van der Waals surface area contributed by atoms with Gasteiger partial charge in [-0.1, -0.05) is 19.9 Å². The summed E-state index contributed by atoms with van der Waals surface area (Å²) in [7, 11) is 0. The first kappa shape index (κ1) is 13.7. The largest absolute Gasteiger partial charge is 0.480 e. The van der Waals surface area contributed by atoms with E-state index in [0.717, 1.165) is 12.8 Å². The second-order valence-corrected chi connectivity index (χ2v) is 5.03. The Kier molecular flexibility index (Phi) is 4.73. The fraction of sp³-hybridized carbons (Fsp3) is 0.692. The number of likely N-dealkylation sites (tertiary alicyclic amines) is 1. The van der Waals surface area contributed by atoms with Crippen LogP contribution in [0.15, 0.2) is 12.7 Å². The summed E-state index contributed by atoms with van der Waals surface area (Å²) in [6.07, 6.45) is 3.49. The molecule has 0 aromatic carbocycles. The Labute approximate surface area is 102 Å². The van der Waals surface area contributed by atoms with Crippen molar-refractivity contribution in [2.75, 3.05) is 6.54 Å². The van der Waals surface area contributed by atoms with E-state index >= 15 is 0 Å². The summed E-state index contributed by atoms with van der Waals surface area (Å²) in [5, 5.41) is 9.11. The second-order valence-electron chi connectivity index (χ2n) is 5.03. The van der Waals surface area contributed by atoms with Gasteiger partial charge < -0.3 is 10.0 Å². The SMILES string of the molecule is C=CCC(C(=O)O)N1CCC(CC(C)C)C1=O. The van der Waals surface area contributed by atoms with Gasteiger partial charge in [-0.15, -0.1) is 6.58 Å². The normalized spacial score (nSPS) is 21.9. The molecule has 0 aliphatic carbocycles. The molecule has 0 saturated carbocycles. The molecule has 1 heterocycles. The Morgan fingerprint density at radius 2 is 2.29 bits per heavy atom. The van der Waals surface area contributed by atoms with Crippen LogP contribution in [0.2, 0.25) is 0 Å². The van der Waals surface area contributed by atoms with Gasteiger partial charge in [0.15, 0.2) is 0 Å². The van der Waals surface area contributed by atoms with Crippen molar-refractivity contribution < 1.29 is 14.7 Å². The molecule has 0 bridgehead atoms. The number of hydrogen-bond acceptors (Lipinski definition) is 2. The van der Waals surface area contributed by atoms with Crippen LogP contribution in [0.25, 0.3) is 0 Å². The van der Waals surface area contributed by atoms with Crippen molar-refractivity contribution in [1.82, 2.24) is 4.90 Å². The molecule has 1 fully saturated rings. The average Bonchev–Trinajstić information content (AvgIpc) is 2.56. The Bertz CT molecular complexity index is 312. The van der Waals surface area contributed by atoms with Gasteiger partial charge >= 0.3 is 5.97 Å². The number of nitrogens with zero attached hydrogens (tertiary/aromatic N) is 1. The van der Waals surface area contributed by atoms with E-state index in [2.05, 4.69) is 20.4 Å². The van der Waals surface area contributed by atoms with Gasteiger partial charge in [-0.2, -0.15) is 0 Å². The first-order valence-corrected chi connectivity index (χ1v) is 6.11. The Morgan fingerprint density at radius 1 is 1.65 bits per heavy atom. The molecule has 1 aliphatic rings. The second kappa shape index (κ2) is 5.84. The molecule has 2 unspecified atom stereocenters. The monoisotopic (exact) mass is 239 g/mol. The summed E-state index contributed by atoms with van der Waals surface area (Å²) >= 11 is 0. The fourth-order valence-corrected chi connectivity index (χ4v) is 2.38. The van der Waals surface area contributed by atoms with Crippen LogP contribution in [0.5, 0.6) is 0 Å². The predicted octanol–water partition coefficient (Wildman–Crippen LogP) is 1.91. The van der Waals surface area contributed by atoms with E-state index in [1.54, 1.807) is 6.08 Å². The number of carbonyl (C=O) groups excluding carboxylic acids is 1. The topological polar surface area (TPSA) is 57.6 Å². The van der Waals surface area contributed by atoms with E-state index < -0.39 is 12.0 Å². The van der Waals surface area contributed by atoms with E-state index in [0.29, 0.717) is 18.9 Å². The molecule has 1 rings (SSSR count). The van der Waals surface area contributed by atoms with Crippen molar-refractivity contribution in [2.24, 2.45) is 11.8 Å². The first-order valence-electron chi connectivity index (χ1n) is 6.11. The van der Waals surface area contributed by atoms with Crippen molar-refractivity contribution in [1.29, 1.82) is 0 Å². The average molecular weight is 239 g/mol. The third kappa shape index (κ3) is 3.32. The van der Waals surface area contributed by atoms with Gasteiger partial charge in [0.05, 0.1) is 0 Å². The molecule has 2 atom stereocenters. The molecule has 1 aliphatic heterocycles. The molecule has 0 spiro atoms. The highest BCUT2D eigenvalue weighted by Gasteiger charge is 2.38. The molecule has 0 aromatic rings. The van der Waals surface area contributed by atoms with Crippen molar-refractivity contribution in [3.05, 3.63) is 12.7 Å². The Balaban J connectivity index is 2.70. The highest BCUT2D eigenvalue weighted by atomic mass is 16.4. The molecule has 0 aromatic heterocycles. The number of hydrogen-bond donors (Lipinski definition) is 1. The third-order valence-corrected chi connectivity index (χ3v) is 3.16. The first-order chi connectivity index (χ1) is 7.97. The molecule has 1 saturated heterocycles. The van der Waals surface area contributed by atoms with Gasteiger partial charge in [-0.3, -0.25) is 4.79 Å². The summed E-state index contributed by atoms with van der Waals surface area (Å²) in [6.45, 7) is 8.26. The van der Waals surface area contributed by atoms with Gasteiger partial charge in [0.25, 0.3) is 0 Å². The Hall–Kier alpha value is -1.32. The van der Waals surface area contributed by atoms with E-state index in [1.165, 1.54) is 4.90 Å². The van der Waals surface area contributed by atoms with Gasteiger partial charge in [0.2, 0.25) is 5.91 Å². The van der Waals surface area contributed by atoms with Crippen molar-refractivity contribution >= 4 is 11.9 Å². The van der Waals surface area contributed by atoms with Crippen LogP contribution < -0.4 is 0 Å². The number of carboxylic acids is 1. The molecule has 1 N–H and O–H groups in total. The lowest BCUT2D eigenvalue weighted by Gasteiger charge is -2.24. The lowest BCUT2D eigenvalue weighted by Crippen LogP contribution is -2.42. The summed E-state index contributed by atoms with van der Waals surface area (Å²) in [5.74, 6) is -0.482. The van der Waals surface area contributed by atoms with Crippen LogP contribution in [-0.2, 0) is 9.59 Å². The lowest BCUT2D eigenvalue weighted by atomic mass is 9.96.